The molecule has 122 valence electrons. The molecule has 0 radical (unpaired) electrons. The first kappa shape index (κ1) is 16.1. The van der Waals surface area contributed by atoms with Crippen molar-refractivity contribution in [3.63, 3.8) is 0 Å². The lowest BCUT2D eigenvalue weighted by Gasteiger charge is -2.09. The van der Waals surface area contributed by atoms with E-state index in [9.17, 15) is 9.59 Å². The van der Waals surface area contributed by atoms with Crippen molar-refractivity contribution >= 4 is 12.2 Å². The monoisotopic (exact) mass is 339 g/mol. The molecule has 2 heterocycles. The van der Waals surface area contributed by atoms with E-state index in [1.165, 1.54) is 4.57 Å². The molecule has 0 aliphatic rings. The fraction of sp³-hybridized carbons (Fsp3) is 0.167. The van der Waals surface area contributed by atoms with Gasteiger partial charge < -0.3 is 9.55 Å². The summed E-state index contributed by atoms with van der Waals surface area (Å²) in [5, 5.41) is 0. The number of aromatic amines is 2. The molecule has 2 N–H and O–H groups in total. The molecule has 0 fully saturated rings. The molecule has 0 aliphatic carbocycles. The fourth-order valence-electron chi connectivity index (χ4n) is 2.60. The minimum Gasteiger partial charge on any atom is -0.335 e. The van der Waals surface area contributed by atoms with Gasteiger partial charge in [0.2, 0.25) is 0 Å². The first-order valence-electron chi connectivity index (χ1n) is 7.57. The number of hydrogen-bond donors (Lipinski definition) is 2. The molecule has 0 unspecified atom stereocenters. The van der Waals surface area contributed by atoms with Crippen molar-refractivity contribution in [2.24, 2.45) is 7.05 Å². The third kappa shape index (κ3) is 3.60. The molecule has 24 heavy (non-hydrogen) atoms. The van der Waals surface area contributed by atoms with Crippen LogP contribution in [0.2, 0.25) is 0 Å². The van der Waals surface area contributed by atoms with E-state index >= 15 is 0 Å². The van der Waals surface area contributed by atoms with Crippen molar-refractivity contribution in [2.45, 2.75) is 12.8 Å². The first-order valence-corrected chi connectivity index (χ1v) is 7.97. The van der Waals surface area contributed by atoms with Crippen LogP contribution in [0.25, 0.3) is 0 Å². The van der Waals surface area contributed by atoms with Crippen LogP contribution in [-0.2, 0) is 19.9 Å². The number of nitrogens with zero attached hydrogens (tertiary/aromatic N) is 1. The molecule has 3 aromatic rings. The Hall–Kier alpha value is -2.73. The summed E-state index contributed by atoms with van der Waals surface area (Å²) < 4.78 is 1.80. The summed E-state index contributed by atoms with van der Waals surface area (Å²) >= 11 is 5.10. The van der Waals surface area contributed by atoms with E-state index in [4.69, 9.17) is 12.2 Å². The smallest absolute Gasteiger partial charge is 0.255 e. The van der Waals surface area contributed by atoms with E-state index < -0.39 is 0 Å². The van der Waals surface area contributed by atoms with Gasteiger partial charge in [-0.25, -0.2) is 0 Å². The zero-order chi connectivity index (χ0) is 17.1. The van der Waals surface area contributed by atoms with E-state index in [-0.39, 0.29) is 11.1 Å². The fourth-order valence-corrected chi connectivity index (χ4v) is 2.82. The summed E-state index contributed by atoms with van der Waals surface area (Å²) in [7, 11) is 1.69. The van der Waals surface area contributed by atoms with Crippen LogP contribution >= 0.6 is 12.2 Å². The van der Waals surface area contributed by atoms with Gasteiger partial charge in [-0.15, -0.1) is 0 Å². The lowest BCUT2D eigenvalue weighted by atomic mass is 10.0. The number of benzene rings is 1. The quantitative estimate of drug-likeness (QED) is 0.717. The largest absolute Gasteiger partial charge is 0.335 e. The van der Waals surface area contributed by atoms with Crippen molar-refractivity contribution in [3.8, 4) is 0 Å². The van der Waals surface area contributed by atoms with Crippen molar-refractivity contribution in [3.05, 3.63) is 96.5 Å². The van der Waals surface area contributed by atoms with Crippen LogP contribution in [0.15, 0.2) is 58.3 Å². The van der Waals surface area contributed by atoms with Crippen molar-refractivity contribution in [1.82, 2.24) is 14.5 Å². The molecule has 0 saturated heterocycles. The minimum atomic E-state index is -0.217. The number of hydrogen-bond acceptors (Lipinski definition) is 3. The second-order valence-corrected chi connectivity index (χ2v) is 6.10. The Labute approximate surface area is 143 Å². The number of rotatable bonds is 4. The summed E-state index contributed by atoms with van der Waals surface area (Å²) in [6, 6.07) is 13.3. The molecule has 0 saturated carbocycles. The summed E-state index contributed by atoms with van der Waals surface area (Å²) in [5.74, 6) is 0. The molecule has 1 aromatic carbocycles. The van der Waals surface area contributed by atoms with Crippen LogP contribution in [0.4, 0.5) is 0 Å². The Bertz CT molecular complexity index is 1030. The van der Waals surface area contributed by atoms with Crippen LogP contribution < -0.4 is 11.1 Å². The third-order valence-corrected chi connectivity index (χ3v) is 4.11. The number of aromatic nitrogens is 3. The topological polar surface area (TPSA) is 70.7 Å². The third-order valence-electron chi connectivity index (χ3n) is 3.90. The molecule has 0 amide bonds. The summed E-state index contributed by atoms with van der Waals surface area (Å²) in [4.78, 5) is 29.9. The predicted molar refractivity (Wildman–Crippen MR) is 96.0 cm³/mol. The second kappa shape index (κ2) is 6.80. The van der Waals surface area contributed by atoms with E-state index in [1.807, 2.05) is 36.4 Å². The normalized spacial score (nSPS) is 10.7. The van der Waals surface area contributed by atoms with Gasteiger partial charge in [0.25, 0.3) is 11.1 Å². The molecule has 0 bridgehead atoms. The van der Waals surface area contributed by atoms with Gasteiger partial charge in [-0.3, -0.25) is 14.6 Å². The predicted octanol–water partition coefficient (Wildman–Crippen LogP) is 2.31. The van der Waals surface area contributed by atoms with E-state index in [0.29, 0.717) is 23.2 Å². The maximum absolute atomic E-state index is 12.4. The Morgan fingerprint density at radius 2 is 1.75 bits per heavy atom. The highest BCUT2D eigenvalue weighted by Gasteiger charge is 2.11. The van der Waals surface area contributed by atoms with Gasteiger partial charge >= 0.3 is 0 Å². The standard InChI is InChI=1S/C18H17N3O2S/c1-21-8-7-13(11-16(21)22)9-14-15(19-18(24)20-17(14)23)10-12-5-3-2-4-6-12/h2-8,11H,9-10H2,1H3,(H2,19,20,23,24). The maximum Gasteiger partial charge on any atom is 0.255 e. The van der Waals surface area contributed by atoms with Gasteiger partial charge in [-0.05, 0) is 29.4 Å². The Kier molecular flexibility index (Phi) is 4.57. The Morgan fingerprint density at radius 3 is 2.46 bits per heavy atom. The van der Waals surface area contributed by atoms with Gasteiger partial charge in [0.1, 0.15) is 0 Å². The lowest BCUT2D eigenvalue weighted by Crippen LogP contribution is -2.20. The Morgan fingerprint density at radius 1 is 1.00 bits per heavy atom. The molecule has 5 nitrogen and oxygen atoms in total. The number of nitrogens with one attached hydrogen (secondary N) is 2. The number of H-pyrrole nitrogens is 2. The molecule has 0 atom stereocenters. The maximum atomic E-state index is 12.4. The molecular weight excluding hydrogens is 322 g/mol. The van der Waals surface area contributed by atoms with Gasteiger partial charge in [-0.2, -0.15) is 0 Å². The van der Waals surface area contributed by atoms with Crippen LogP contribution in [0.1, 0.15) is 22.4 Å². The highest BCUT2D eigenvalue weighted by molar-refractivity contribution is 7.71. The van der Waals surface area contributed by atoms with Gasteiger partial charge in [0.05, 0.1) is 0 Å². The molecule has 6 heteroatoms. The Balaban J connectivity index is 2.03. The van der Waals surface area contributed by atoms with Crippen LogP contribution in [0.3, 0.4) is 0 Å². The highest BCUT2D eigenvalue weighted by Crippen LogP contribution is 2.12. The SMILES string of the molecule is Cn1ccc(Cc2c(Cc3ccccc3)[nH]c(=S)[nH]c2=O)cc1=O. The van der Waals surface area contributed by atoms with Gasteiger partial charge in [0, 0.05) is 43.4 Å². The molecule has 3 rings (SSSR count). The van der Waals surface area contributed by atoms with Crippen molar-refractivity contribution in [1.29, 1.82) is 0 Å². The first-order chi connectivity index (χ1) is 11.5. The average molecular weight is 339 g/mol. The number of pyridine rings is 1. The van der Waals surface area contributed by atoms with Crippen LogP contribution in [0.5, 0.6) is 0 Å². The molecule has 2 aromatic heterocycles. The summed E-state index contributed by atoms with van der Waals surface area (Å²) in [5.41, 5.74) is 2.93. The van der Waals surface area contributed by atoms with Crippen LogP contribution in [-0.4, -0.2) is 14.5 Å². The second-order valence-electron chi connectivity index (χ2n) is 5.69. The van der Waals surface area contributed by atoms with E-state index in [1.54, 1.807) is 19.3 Å². The zero-order valence-corrected chi connectivity index (χ0v) is 14.0. The summed E-state index contributed by atoms with van der Waals surface area (Å²) in [6.07, 6.45) is 2.65. The highest BCUT2D eigenvalue weighted by atomic mass is 32.1. The average Bonchev–Trinajstić information content (AvgIpc) is 2.55. The van der Waals surface area contributed by atoms with E-state index in [2.05, 4.69) is 9.97 Å². The van der Waals surface area contributed by atoms with Crippen molar-refractivity contribution in [2.75, 3.05) is 0 Å². The van der Waals surface area contributed by atoms with Crippen LogP contribution in [0, 0.1) is 4.77 Å². The molecular formula is C18H17N3O2S. The van der Waals surface area contributed by atoms with Crippen molar-refractivity contribution < 1.29 is 0 Å². The zero-order valence-electron chi connectivity index (χ0n) is 13.2. The number of aryl methyl sites for hydroxylation is 1. The van der Waals surface area contributed by atoms with E-state index in [0.717, 1.165) is 16.8 Å². The minimum absolute atomic E-state index is 0.0996. The molecule has 0 spiro atoms. The lowest BCUT2D eigenvalue weighted by molar-refractivity contribution is 0.848. The summed E-state index contributed by atoms with van der Waals surface area (Å²) in [6.45, 7) is 0. The molecule has 0 aliphatic heterocycles. The van der Waals surface area contributed by atoms with Gasteiger partial charge in [0.15, 0.2) is 4.77 Å². The van der Waals surface area contributed by atoms with Gasteiger partial charge in [-0.1, -0.05) is 30.3 Å².